The number of fused-ring (bicyclic) bond motifs is 1. The summed E-state index contributed by atoms with van der Waals surface area (Å²) in [6, 6.07) is 17.8. The van der Waals surface area contributed by atoms with Crippen LogP contribution >= 0.6 is 0 Å². The Morgan fingerprint density at radius 2 is 1.89 bits per heavy atom. The summed E-state index contributed by atoms with van der Waals surface area (Å²) in [6.45, 7) is 2.57. The number of ether oxygens (including phenoxy) is 1. The van der Waals surface area contributed by atoms with Crippen LogP contribution in [0.3, 0.4) is 0 Å². The van der Waals surface area contributed by atoms with Gasteiger partial charge < -0.3 is 9.84 Å². The molecule has 2 atom stereocenters. The van der Waals surface area contributed by atoms with E-state index in [0.29, 0.717) is 13.0 Å². The number of ketones is 1. The Hall–Kier alpha value is -2.65. The van der Waals surface area contributed by atoms with Crippen molar-refractivity contribution in [1.82, 2.24) is 0 Å². The number of rotatable bonds is 4. The summed E-state index contributed by atoms with van der Waals surface area (Å²) >= 11 is 0. The first-order valence-electron chi connectivity index (χ1n) is 9.96. The standard InChI is InChI=1S/C25H26O3/c1-25-16-20(22(26)15-21(25)11-7-13-24(25)27)14-19-10-5-6-12-23(19)28-17-18-8-3-2-4-9-18/h2-6,8-10,12,14-15,24,27H,7,11,13,16-17H2,1H3/t24-,25-/m0/s1. The topological polar surface area (TPSA) is 46.5 Å². The fourth-order valence-electron chi connectivity index (χ4n) is 4.28. The van der Waals surface area contributed by atoms with Crippen LogP contribution in [0.25, 0.3) is 6.08 Å². The van der Waals surface area contributed by atoms with E-state index < -0.39 is 6.10 Å². The Bertz CT molecular complexity index is 926. The molecule has 144 valence electrons. The molecule has 2 aliphatic rings. The van der Waals surface area contributed by atoms with Gasteiger partial charge in [-0.05, 0) is 49.5 Å². The number of aliphatic hydroxyl groups excluding tert-OH is 1. The number of aliphatic hydroxyl groups is 1. The summed E-state index contributed by atoms with van der Waals surface area (Å²) in [7, 11) is 0. The molecule has 1 fully saturated rings. The van der Waals surface area contributed by atoms with E-state index in [1.165, 1.54) is 0 Å². The lowest BCUT2D eigenvalue weighted by Crippen LogP contribution is -2.41. The van der Waals surface area contributed by atoms with Gasteiger partial charge in [-0.1, -0.05) is 61.0 Å². The Morgan fingerprint density at radius 3 is 2.71 bits per heavy atom. The third kappa shape index (κ3) is 3.67. The highest BCUT2D eigenvalue weighted by atomic mass is 16.5. The normalized spacial score (nSPS) is 25.9. The van der Waals surface area contributed by atoms with E-state index >= 15 is 0 Å². The second-order valence-corrected chi connectivity index (χ2v) is 8.02. The second kappa shape index (κ2) is 7.76. The Labute approximate surface area is 166 Å². The fraction of sp³-hybridized carbons (Fsp3) is 0.320. The first-order chi connectivity index (χ1) is 13.6. The van der Waals surface area contributed by atoms with Crippen molar-refractivity contribution in [3.05, 3.63) is 82.9 Å². The minimum atomic E-state index is -0.395. The molecule has 2 aliphatic carbocycles. The van der Waals surface area contributed by atoms with Crippen LogP contribution in [0.5, 0.6) is 5.75 Å². The number of hydrogen-bond acceptors (Lipinski definition) is 3. The lowest BCUT2D eigenvalue weighted by molar-refractivity contribution is -0.112. The molecule has 0 spiro atoms. The zero-order chi connectivity index (χ0) is 19.6. The molecule has 28 heavy (non-hydrogen) atoms. The van der Waals surface area contributed by atoms with Crippen molar-refractivity contribution in [2.24, 2.45) is 5.41 Å². The first-order valence-corrected chi connectivity index (χ1v) is 9.96. The van der Waals surface area contributed by atoms with Crippen molar-refractivity contribution >= 4 is 11.9 Å². The van der Waals surface area contributed by atoms with Crippen molar-refractivity contribution in [3.8, 4) is 5.75 Å². The first kappa shape index (κ1) is 18.7. The molecule has 0 radical (unpaired) electrons. The number of hydrogen-bond donors (Lipinski definition) is 1. The van der Waals surface area contributed by atoms with E-state index in [4.69, 9.17) is 4.74 Å². The lowest BCUT2D eigenvalue weighted by atomic mass is 9.63. The number of allylic oxidation sites excluding steroid dienone is 2. The smallest absolute Gasteiger partial charge is 0.181 e. The van der Waals surface area contributed by atoms with Crippen LogP contribution in [0, 0.1) is 5.41 Å². The minimum absolute atomic E-state index is 0.0550. The van der Waals surface area contributed by atoms with Gasteiger partial charge in [-0.25, -0.2) is 0 Å². The molecule has 3 nitrogen and oxygen atoms in total. The summed E-state index contributed by atoms with van der Waals surface area (Å²) in [5, 5.41) is 10.6. The molecule has 0 unspecified atom stereocenters. The Kier molecular flexibility index (Phi) is 5.19. The van der Waals surface area contributed by atoms with Gasteiger partial charge in [0.2, 0.25) is 0 Å². The average Bonchev–Trinajstić information content (AvgIpc) is 2.70. The van der Waals surface area contributed by atoms with Crippen molar-refractivity contribution in [3.63, 3.8) is 0 Å². The van der Waals surface area contributed by atoms with Gasteiger partial charge in [0.05, 0.1) is 6.10 Å². The minimum Gasteiger partial charge on any atom is -0.488 e. The summed E-state index contributed by atoms with van der Waals surface area (Å²) in [5.74, 6) is 0.815. The third-order valence-electron chi connectivity index (χ3n) is 6.06. The van der Waals surface area contributed by atoms with Gasteiger partial charge in [-0.15, -0.1) is 0 Å². The molecular weight excluding hydrogens is 348 g/mol. The van der Waals surface area contributed by atoms with Gasteiger partial charge in [0, 0.05) is 16.6 Å². The molecular formula is C25H26O3. The van der Waals surface area contributed by atoms with Crippen LogP contribution in [0.4, 0.5) is 0 Å². The van der Waals surface area contributed by atoms with E-state index in [2.05, 4.69) is 6.92 Å². The van der Waals surface area contributed by atoms with Gasteiger partial charge in [0.25, 0.3) is 0 Å². The molecule has 1 saturated carbocycles. The van der Waals surface area contributed by atoms with Gasteiger partial charge in [0.1, 0.15) is 12.4 Å². The van der Waals surface area contributed by atoms with Crippen molar-refractivity contribution in [2.75, 3.05) is 0 Å². The highest BCUT2D eigenvalue weighted by molar-refractivity contribution is 6.09. The Balaban J connectivity index is 1.60. The molecule has 2 aromatic rings. The third-order valence-corrected chi connectivity index (χ3v) is 6.06. The SMILES string of the molecule is C[C@]12CC(=Cc3ccccc3OCc3ccccc3)C(=O)C=C1CCC[C@@H]2O. The van der Waals surface area contributed by atoms with E-state index in [-0.39, 0.29) is 11.2 Å². The number of benzene rings is 2. The molecule has 0 aliphatic heterocycles. The van der Waals surface area contributed by atoms with Gasteiger partial charge in [-0.3, -0.25) is 4.79 Å². The predicted octanol–water partition coefficient (Wildman–Crippen LogP) is 5.10. The summed E-state index contributed by atoms with van der Waals surface area (Å²) in [5.41, 5.74) is 3.50. The van der Waals surface area contributed by atoms with Crippen LogP contribution in [-0.4, -0.2) is 17.0 Å². The number of para-hydroxylation sites is 1. The Morgan fingerprint density at radius 1 is 1.14 bits per heavy atom. The van der Waals surface area contributed by atoms with E-state index in [1.54, 1.807) is 6.08 Å². The van der Waals surface area contributed by atoms with Gasteiger partial charge >= 0.3 is 0 Å². The molecule has 0 aromatic heterocycles. The van der Waals surface area contributed by atoms with Crippen LogP contribution in [0.2, 0.25) is 0 Å². The van der Waals surface area contributed by atoms with Crippen LogP contribution in [0.15, 0.2) is 71.8 Å². The van der Waals surface area contributed by atoms with E-state index in [1.807, 2.05) is 60.7 Å². The average molecular weight is 374 g/mol. The molecule has 2 aromatic carbocycles. The van der Waals surface area contributed by atoms with E-state index in [0.717, 1.165) is 47.3 Å². The van der Waals surface area contributed by atoms with Crippen molar-refractivity contribution < 1.29 is 14.6 Å². The summed E-state index contributed by atoms with van der Waals surface area (Å²) in [6.07, 6.45) is 6.52. The molecule has 4 rings (SSSR count). The molecule has 0 saturated heterocycles. The molecule has 1 N–H and O–H groups in total. The fourth-order valence-corrected chi connectivity index (χ4v) is 4.28. The molecule has 0 bridgehead atoms. The quantitative estimate of drug-likeness (QED) is 0.758. The van der Waals surface area contributed by atoms with Crippen LogP contribution in [0.1, 0.15) is 43.7 Å². The van der Waals surface area contributed by atoms with Gasteiger partial charge in [-0.2, -0.15) is 0 Å². The molecule has 0 amide bonds. The maximum Gasteiger partial charge on any atom is 0.181 e. The monoisotopic (exact) mass is 374 g/mol. The maximum absolute atomic E-state index is 12.7. The van der Waals surface area contributed by atoms with Gasteiger partial charge in [0.15, 0.2) is 5.78 Å². The van der Waals surface area contributed by atoms with Crippen molar-refractivity contribution in [2.45, 2.75) is 45.3 Å². The number of carbonyl (C=O) groups is 1. The summed E-state index contributed by atoms with van der Waals surface area (Å²) < 4.78 is 6.03. The maximum atomic E-state index is 12.7. The molecule has 0 heterocycles. The number of carbonyl (C=O) groups excluding carboxylic acids is 1. The highest BCUT2D eigenvalue weighted by Crippen LogP contribution is 2.48. The zero-order valence-electron chi connectivity index (χ0n) is 16.2. The van der Waals surface area contributed by atoms with Crippen LogP contribution < -0.4 is 4.74 Å². The zero-order valence-corrected chi connectivity index (χ0v) is 16.2. The lowest BCUT2D eigenvalue weighted by Gasteiger charge is -2.43. The largest absolute Gasteiger partial charge is 0.488 e. The van der Waals surface area contributed by atoms with Crippen molar-refractivity contribution in [1.29, 1.82) is 0 Å². The summed E-state index contributed by atoms with van der Waals surface area (Å²) in [4.78, 5) is 12.7. The van der Waals surface area contributed by atoms with Crippen LogP contribution in [-0.2, 0) is 11.4 Å². The predicted molar refractivity (Wildman–Crippen MR) is 111 cm³/mol. The molecule has 3 heteroatoms. The second-order valence-electron chi connectivity index (χ2n) is 8.02. The highest BCUT2D eigenvalue weighted by Gasteiger charge is 2.43. The van der Waals surface area contributed by atoms with E-state index in [9.17, 15) is 9.90 Å².